The first kappa shape index (κ1) is 18.7. The van der Waals surface area contributed by atoms with E-state index in [1.54, 1.807) is 42.5 Å². The molecule has 0 bridgehead atoms. The fourth-order valence-corrected chi connectivity index (χ4v) is 2.27. The highest BCUT2D eigenvalue weighted by atomic mass is 35.5. The van der Waals surface area contributed by atoms with Gasteiger partial charge in [-0.25, -0.2) is 4.79 Å². The van der Waals surface area contributed by atoms with Gasteiger partial charge in [-0.1, -0.05) is 23.7 Å². The molecule has 132 valence electrons. The number of hydrogen-bond donors (Lipinski definition) is 0. The number of halogens is 1. The van der Waals surface area contributed by atoms with Crippen LogP contribution >= 0.6 is 11.6 Å². The van der Waals surface area contributed by atoms with Gasteiger partial charge in [0, 0.05) is 11.1 Å². The minimum absolute atomic E-state index is 0.176. The van der Waals surface area contributed by atoms with Gasteiger partial charge in [-0.3, -0.25) is 0 Å². The first-order valence-electron chi connectivity index (χ1n) is 7.46. The van der Waals surface area contributed by atoms with Crippen LogP contribution in [0.15, 0.2) is 42.5 Å². The molecule has 0 unspecified atom stereocenters. The molecule has 0 aliphatic heterocycles. The molecule has 0 radical (unpaired) electrons. The molecule has 5 nitrogen and oxygen atoms in total. The first-order valence-corrected chi connectivity index (χ1v) is 7.84. The van der Waals surface area contributed by atoms with Crippen molar-refractivity contribution in [2.24, 2.45) is 0 Å². The predicted octanol–water partition coefficient (Wildman–Crippen LogP) is 4.12. The van der Waals surface area contributed by atoms with Crippen molar-refractivity contribution in [2.45, 2.75) is 6.61 Å². The Morgan fingerprint density at radius 2 is 1.60 bits per heavy atom. The van der Waals surface area contributed by atoms with Gasteiger partial charge in [-0.2, -0.15) is 0 Å². The van der Waals surface area contributed by atoms with Gasteiger partial charge in [0.2, 0.25) is 5.75 Å². The topological polar surface area (TPSA) is 54.0 Å². The van der Waals surface area contributed by atoms with Crippen LogP contribution in [0, 0.1) is 0 Å². The molecule has 0 aliphatic carbocycles. The average molecular weight is 363 g/mol. The van der Waals surface area contributed by atoms with E-state index in [0.29, 0.717) is 22.3 Å². The van der Waals surface area contributed by atoms with E-state index in [1.807, 2.05) is 0 Å². The second-order valence-corrected chi connectivity index (χ2v) is 5.46. The molecule has 6 heteroatoms. The Hall–Kier alpha value is -2.66. The van der Waals surface area contributed by atoms with Crippen molar-refractivity contribution in [1.29, 1.82) is 0 Å². The zero-order valence-corrected chi connectivity index (χ0v) is 15.0. The molecule has 25 heavy (non-hydrogen) atoms. The molecular formula is C19H19ClO5. The van der Waals surface area contributed by atoms with E-state index in [2.05, 4.69) is 0 Å². The van der Waals surface area contributed by atoms with Crippen molar-refractivity contribution in [3.05, 3.63) is 58.6 Å². The minimum Gasteiger partial charge on any atom is -0.493 e. The smallest absolute Gasteiger partial charge is 0.331 e. The third-order valence-corrected chi connectivity index (χ3v) is 3.65. The zero-order valence-electron chi connectivity index (χ0n) is 14.2. The summed E-state index contributed by atoms with van der Waals surface area (Å²) in [5.41, 5.74) is 1.58. The molecule has 0 saturated carbocycles. The third kappa shape index (κ3) is 5.16. The van der Waals surface area contributed by atoms with E-state index in [4.69, 9.17) is 30.5 Å². The largest absolute Gasteiger partial charge is 0.493 e. The maximum absolute atomic E-state index is 11.9. The van der Waals surface area contributed by atoms with Gasteiger partial charge in [0.1, 0.15) is 6.61 Å². The standard InChI is InChI=1S/C19H19ClO5/c1-22-16-10-14(11-17(23-2)19(16)24-3)6-9-18(21)25-12-13-4-7-15(20)8-5-13/h4-11H,12H2,1-3H3/b9-6+. The number of methoxy groups -OCH3 is 3. The van der Waals surface area contributed by atoms with Gasteiger partial charge in [-0.05, 0) is 41.5 Å². The Balaban J connectivity index is 2.05. The van der Waals surface area contributed by atoms with Gasteiger partial charge in [-0.15, -0.1) is 0 Å². The number of benzene rings is 2. The highest BCUT2D eigenvalue weighted by Gasteiger charge is 2.12. The number of carbonyl (C=O) groups excluding carboxylic acids is 1. The van der Waals surface area contributed by atoms with Crippen LogP contribution in [0.2, 0.25) is 5.02 Å². The molecule has 0 amide bonds. The highest BCUT2D eigenvalue weighted by Crippen LogP contribution is 2.38. The summed E-state index contributed by atoms with van der Waals surface area (Å²) < 4.78 is 21.0. The Labute approximate surface area is 151 Å². The van der Waals surface area contributed by atoms with E-state index >= 15 is 0 Å². The van der Waals surface area contributed by atoms with Crippen molar-refractivity contribution in [2.75, 3.05) is 21.3 Å². The normalized spacial score (nSPS) is 10.6. The first-order chi connectivity index (χ1) is 12.1. The van der Waals surface area contributed by atoms with Crippen LogP contribution in [0.4, 0.5) is 0 Å². The Morgan fingerprint density at radius 3 is 2.12 bits per heavy atom. The third-order valence-electron chi connectivity index (χ3n) is 3.39. The van der Waals surface area contributed by atoms with E-state index in [-0.39, 0.29) is 6.61 Å². The predicted molar refractivity (Wildman–Crippen MR) is 96.4 cm³/mol. The quantitative estimate of drug-likeness (QED) is 0.547. The van der Waals surface area contributed by atoms with Crippen molar-refractivity contribution in [3.8, 4) is 17.2 Å². The number of rotatable bonds is 7. The number of ether oxygens (including phenoxy) is 4. The van der Waals surface area contributed by atoms with Crippen molar-refractivity contribution in [1.82, 2.24) is 0 Å². The monoisotopic (exact) mass is 362 g/mol. The second-order valence-electron chi connectivity index (χ2n) is 5.03. The molecule has 0 aromatic heterocycles. The van der Waals surface area contributed by atoms with Crippen LogP contribution in [-0.2, 0) is 16.1 Å². The van der Waals surface area contributed by atoms with Crippen LogP contribution in [0.5, 0.6) is 17.2 Å². The van der Waals surface area contributed by atoms with Crippen molar-refractivity contribution >= 4 is 23.6 Å². The summed E-state index contributed by atoms with van der Waals surface area (Å²) in [7, 11) is 4.60. The summed E-state index contributed by atoms with van der Waals surface area (Å²) >= 11 is 5.81. The SMILES string of the molecule is COc1cc(/C=C/C(=O)OCc2ccc(Cl)cc2)cc(OC)c1OC. The van der Waals surface area contributed by atoms with Crippen LogP contribution in [0.1, 0.15) is 11.1 Å². The fraction of sp³-hybridized carbons (Fsp3) is 0.211. The molecule has 0 atom stereocenters. The average Bonchev–Trinajstić information content (AvgIpc) is 2.64. The summed E-state index contributed by atoms with van der Waals surface area (Å²) in [6, 6.07) is 10.6. The lowest BCUT2D eigenvalue weighted by Gasteiger charge is -2.12. The summed E-state index contributed by atoms with van der Waals surface area (Å²) in [4.78, 5) is 11.9. The van der Waals surface area contributed by atoms with Gasteiger partial charge < -0.3 is 18.9 Å². The summed E-state index contributed by atoms with van der Waals surface area (Å²) in [5.74, 6) is 1.06. The van der Waals surface area contributed by atoms with E-state index in [9.17, 15) is 4.79 Å². The molecule has 2 rings (SSSR count). The molecular weight excluding hydrogens is 344 g/mol. The van der Waals surface area contributed by atoms with Gasteiger partial charge in [0.25, 0.3) is 0 Å². The summed E-state index contributed by atoms with van der Waals surface area (Å²) in [6.07, 6.45) is 2.96. The van der Waals surface area contributed by atoms with Crippen LogP contribution in [-0.4, -0.2) is 27.3 Å². The van der Waals surface area contributed by atoms with Crippen LogP contribution < -0.4 is 14.2 Å². The van der Waals surface area contributed by atoms with Gasteiger partial charge in [0.05, 0.1) is 21.3 Å². The molecule has 2 aromatic rings. The van der Waals surface area contributed by atoms with Gasteiger partial charge in [0.15, 0.2) is 11.5 Å². The molecule has 0 spiro atoms. The van der Waals surface area contributed by atoms with Crippen LogP contribution in [0.25, 0.3) is 6.08 Å². The maximum atomic E-state index is 11.9. The summed E-state index contributed by atoms with van der Waals surface area (Å²) in [6.45, 7) is 0.176. The molecule has 0 saturated heterocycles. The zero-order chi connectivity index (χ0) is 18.2. The number of hydrogen-bond acceptors (Lipinski definition) is 5. The molecule has 0 N–H and O–H groups in total. The molecule has 0 fully saturated rings. The molecule has 0 aliphatic rings. The number of carbonyl (C=O) groups is 1. The fourth-order valence-electron chi connectivity index (χ4n) is 2.15. The lowest BCUT2D eigenvalue weighted by molar-refractivity contribution is -0.138. The highest BCUT2D eigenvalue weighted by molar-refractivity contribution is 6.30. The second kappa shape index (κ2) is 8.99. The van der Waals surface area contributed by atoms with E-state index in [1.165, 1.54) is 27.4 Å². The minimum atomic E-state index is -0.455. The van der Waals surface area contributed by atoms with Crippen molar-refractivity contribution in [3.63, 3.8) is 0 Å². The van der Waals surface area contributed by atoms with E-state index < -0.39 is 5.97 Å². The summed E-state index contributed by atoms with van der Waals surface area (Å²) in [5, 5.41) is 0.636. The van der Waals surface area contributed by atoms with Gasteiger partial charge >= 0.3 is 5.97 Å². The van der Waals surface area contributed by atoms with Crippen LogP contribution in [0.3, 0.4) is 0 Å². The number of esters is 1. The maximum Gasteiger partial charge on any atom is 0.331 e. The van der Waals surface area contributed by atoms with Crippen molar-refractivity contribution < 1.29 is 23.7 Å². The Morgan fingerprint density at radius 1 is 1.00 bits per heavy atom. The lowest BCUT2D eigenvalue weighted by atomic mass is 10.1. The van der Waals surface area contributed by atoms with E-state index in [0.717, 1.165) is 11.1 Å². The molecule has 0 heterocycles. The Bertz CT molecular complexity index is 728. The molecule has 2 aromatic carbocycles. The lowest BCUT2D eigenvalue weighted by Crippen LogP contribution is -2.00. The Kier molecular flexibility index (Phi) is 6.71.